The summed E-state index contributed by atoms with van der Waals surface area (Å²) in [4.78, 5) is 11.3. The Kier molecular flexibility index (Phi) is 2.63. The maximum atomic E-state index is 11.3. The monoisotopic (exact) mass is 166 g/mol. The maximum absolute atomic E-state index is 11.3. The van der Waals surface area contributed by atoms with E-state index in [2.05, 4.69) is 11.7 Å². The molecular formula is C9H14N2O. The number of carbonyl (C=O) groups is 1. The molecule has 3 heteroatoms. The van der Waals surface area contributed by atoms with Crippen molar-refractivity contribution in [3.63, 3.8) is 0 Å². The summed E-state index contributed by atoms with van der Waals surface area (Å²) in [5, 5.41) is 5.67. The predicted molar refractivity (Wildman–Crippen MR) is 48.8 cm³/mol. The molecule has 1 aliphatic heterocycles. The van der Waals surface area contributed by atoms with Crippen LogP contribution in [0.2, 0.25) is 0 Å². The summed E-state index contributed by atoms with van der Waals surface area (Å²) in [6.45, 7) is 7.48. The quantitative estimate of drug-likeness (QED) is 0.573. The Hall–Kier alpha value is -1.12. The zero-order valence-electron chi connectivity index (χ0n) is 7.58. The Bertz CT molecular complexity index is 233. The van der Waals surface area contributed by atoms with E-state index in [1.165, 1.54) is 5.01 Å². The summed E-state index contributed by atoms with van der Waals surface area (Å²) in [6.07, 6.45) is 3.09. The van der Waals surface area contributed by atoms with E-state index < -0.39 is 0 Å². The first-order valence-electron chi connectivity index (χ1n) is 4.14. The molecule has 0 unspecified atom stereocenters. The molecule has 0 fully saturated rings. The van der Waals surface area contributed by atoms with Gasteiger partial charge in [0.2, 0.25) is 5.91 Å². The minimum atomic E-state index is 0.00718. The van der Waals surface area contributed by atoms with Gasteiger partial charge in [0.15, 0.2) is 0 Å². The van der Waals surface area contributed by atoms with Gasteiger partial charge in [-0.1, -0.05) is 6.08 Å². The molecule has 0 aromatic heterocycles. The third-order valence-corrected chi connectivity index (χ3v) is 1.96. The summed E-state index contributed by atoms with van der Waals surface area (Å²) >= 11 is 0. The van der Waals surface area contributed by atoms with Gasteiger partial charge >= 0.3 is 0 Å². The molecular weight excluding hydrogens is 152 g/mol. The molecule has 66 valence electrons. The van der Waals surface area contributed by atoms with Gasteiger partial charge in [-0.05, 0) is 20.3 Å². The Morgan fingerprint density at radius 1 is 1.67 bits per heavy atom. The lowest BCUT2D eigenvalue weighted by Crippen LogP contribution is -2.36. The van der Waals surface area contributed by atoms with Crippen LogP contribution in [0.25, 0.3) is 0 Å². The molecule has 0 saturated carbocycles. The predicted octanol–water partition coefficient (Wildman–Crippen LogP) is 1.56. The van der Waals surface area contributed by atoms with Crippen molar-refractivity contribution in [2.45, 2.75) is 32.7 Å². The normalized spacial score (nSPS) is 20.3. The van der Waals surface area contributed by atoms with Crippen molar-refractivity contribution in [1.82, 2.24) is 5.01 Å². The van der Waals surface area contributed by atoms with E-state index >= 15 is 0 Å². The molecule has 12 heavy (non-hydrogen) atoms. The first kappa shape index (κ1) is 8.97. The fourth-order valence-corrected chi connectivity index (χ4v) is 1.11. The average molecular weight is 166 g/mol. The second-order valence-corrected chi connectivity index (χ2v) is 3.05. The van der Waals surface area contributed by atoms with E-state index in [9.17, 15) is 4.79 Å². The van der Waals surface area contributed by atoms with Crippen molar-refractivity contribution < 1.29 is 4.79 Å². The van der Waals surface area contributed by atoms with E-state index in [0.29, 0.717) is 6.42 Å². The minimum absolute atomic E-state index is 0.00718. The number of hydrogen-bond donors (Lipinski definition) is 0. The van der Waals surface area contributed by atoms with Gasteiger partial charge in [-0.25, -0.2) is 5.01 Å². The molecule has 0 N–H and O–H groups in total. The van der Waals surface area contributed by atoms with Crippen molar-refractivity contribution in [1.29, 1.82) is 0 Å². The van der Waals surface area contributed by atoms with E-state index in [-0.39, 0.29) is 11.9 Å². The molecule has 1 atom stereocenters. The van der Waals surface area contributed by atoms with Crippen LogP contribution in [0.5, 0.6) is 0 Å². The molecule has 0 spiro atoms. The van der Waals surface area contributed by atoms with Gasteiger partial charge in [-0.2, -0.15) is 5.10 Å². The lowest BCUT2D eigenvalue weighted by Gasteiger charge is -2.25. The summed E-state index contributed by atoms with van der Waals surface area (Å²) < 4.78 is 0. The molecule has 1 aliphatic rings. The second-order valence-electron chi connectivity index (χ2n) is 3.05. The number of nitrogens with zero attached hydrogens (tertiary/aromatic N) is 2. The summed E-state index contributed by atoms with van der Waals surface area (Å²) in [5.41, 5.74) is 1.02. The van der Waals surface area contributed by atoms with Gasteiger partial charge < -0.3 is 0 Å². The van der Waals surface area contributed by atoms with Crippen LogP contribution in [-0.2, 0) is 4.79 Å². The highest BCUT2D eigenvalue weighted by atomic mass is 16.2. The van der Waals surface area contributed by atoms with E-state index in [1.807, 2.05) is 13.8 Å². The van der Waals surface area contributed by atoms with Gasteiger partial charge in [-0.3, -0.25) is 4.79 Å². The maximum Gasteiger partial charge on any atom is 0.243 e. The Morgan fingerprint density at radius 2 is 2.33 bits per heavy atom. The van der Waals surface area contributed by atoms with Crippen molar-refractivity contribution in [3.8, 4) is 0 Å². The number of hydrazone groups is 1. The van der Waals surface area contributed by atoms with Crippen LogP contribution in [0.4, 0.5) is 0 Å². The SMILES string of the molecule is C=C[C@@H](C)N1N=C(C)CCC1=O. The highest BCUT2D eigenvalue weighted by Gasteiger charge is 2.21. The largest absolute Gasteiger partial charge is 0.273 e. The second kappa shape index (κ2) is 3.52. The zero-order chi connectivity index (χ0) is 9.14. The summed E-state index contributed by atoms with van der Waals surface area (Å²) in [7, 11) is 0. The fourth-order valence-electron chi connectivity index (χ4n) is 1.11. The van der Waals surface area contributed by atoms with Crippen LogP contribution in [-0.4, -0.2) is 22.7 Å². The van der Waals surface area contributed by atoms with Crippen molar-refractivity contribution in [3.05, 3.63) is 12.7 Å². The molecule has 3 nitrogen and oxygen atoms in total. The highest BCUT2D eigenvalue weighted by molar-refractivity contribution is 5.91. The van der Waals surface area contributed by atoms with Crippen molar-refractivity contribution in [2.24, 2.45) is 5.10 Å². The Labute approximate surface area is 72.8 Å². The first-order chi connectivity index (χ1) is 5.65. The molecule has 1 amide bonds. The van der Waals surface area contributed by atoms with Gasteiger partial charge in [0.1, 0.15) is 0 Å². The first-order valence-corrected chi connectivity index (χ1v) is 4.14. The Morgan fingerprint density at radius 3 is 2.92 bits per heavy atom. The van der Waals surface area contributed by atoms with Crippen LogP contribution in [0, 0.1) is 0 Å². The number of rotatable bonds is 2. The smallest absolute Gasteiger partial charge is 0.243 e. The number of amides is 1. The molecule has 0 aliphatic carbocycles. The Balaban J connectivity index is 2.79. The number of hydrogen-bond acceptors (Lipinski definition) is 2. The average Bonchev–Trinajstić information content (AvgIpc) is 2.08. The van der Waals surface area contributed by atoms with E-state index in [1.54, 1.807) is 6.08 Å². The summed E-state index contributed by atoms with van der Waals surface area (Å²) in [5.74, 6) is 0.0907. The molecule has 1 heterocycles. The standard InChI is InChI=1S/C9H14N2O/c1-4-8(3)11-9(12)6-5-7(2)10-11/h4,8H,1,5-6H2,2-3H3/t8-/m1/s1. The van der Waals surface area contributed by atoms with Gasteiger partial charge in [0.25, 0.3) is 0 Å². The highest BCUT2D eigenvalue weighted by Crippen LogP contribution is 2.12. The topological polar surface area (TPSA) is 32.7 Å². The van der Waals surface area contributed by atoms with Crippen LogP contribution in [0.15, 0.2) is 17.8 Å². The minimum Gasteiger partial charge on any atom is -0.273 e. The zero-order valence-corrected chi connectivity index (χ0v) is 7.58. The van der Waals surface area contributed by atoms with Crippen LogP contribution >= 0.6 is 0 Å². The molecule has 0 saturated heterocycles. The molecule has 0 bridgehead atoms. The van der Waals surface area contributed by atoms with E-state index in [4.69, 9.17) is 0 Å². The fraction of sp³-hybridized carbons (Fsp3) is 0.556. The molecule has 1 rings (SSSR count). The molecule has 0 aromatic rings. The van der Waals surface area contributed by atoms with Gasteiger partial charge in [0.05, 0.1) is 6.04 Å². The third-order valence-electron chi connectivity index (χ3n) is 1.96. The molecule has 0 radical (unpaired) electrons. The lowest BCUT2D eigenvalue weighted by atomic mass is 10.1. The van der Waals surface area contributed by atoms with Crippen molar-refractivity contribution in [2.75, 3.05) is 0 Å². The van der Waals surface area contributed by atoms with Crippen LogP contribution in [0.3, 0.4) is 0 Å². The molecule has 0 aromatic carbocycles. The third kappa shape index (κ3) is 1.72. The van der Waals surface area contributed by atoms with E-state index in [0.717, 1.165) is 12.1 Å². The van der Waals surface area contributed by atoms with Gasteiger partial charge in [0, 0.05) is 12.1 Å². The van der Waals surface area contributed by atoms with Crippen LogP contribution in [0.1, 0.15) is 26.7 Å². The van der Waals surface area contributed by atoms with Crippen molar-refractivity contribution >= 4 is 11.6 Å². The summed E-state index contributed by atoms with van der Waals surface area (Å²) in [6, 6.07) is 0.00718. The number of carbonyl (C=O) groups excluding carboxylic acids is 1. The lowest BCUT2D eigenvalue weighted by molar-refractivity contribution is -0.132. The van der Waals surface area contributed by atoms with Crippen LogP contribution < -0.4 is 0 Å². The van der Waals surface area contributed by atoms with Gasteiger partial charge in [-0.15, -0.1) is 6.58 Å².